The van der Waals surface area contributed by atoms with Crippen LogP contribution in [0, 0.1) is 0 Å². The van der Waals surface area contributed by atoms with Crippen molar-refractivity contribution in [3.63, 3.8) is 0 Å². The Morgan fingerprint density at radius 2 is 1.35 bits per heavy atom. The molecule has 2 aromatic heterocycles. The number of hydrogen-bond donors (Lipinski definition) is 1. The lowest BCUT2D eigenvalue weighted by molar-refractivity contribution is 0.480. The summed E-state index contributed by atoms with van der Waals surface area (Å²) in [4.78, 5) is 9.90. The van der Waals surface area contributed by atoms with Crippen molar-refractivity contribution < 1.29 is 8.83 Å². The highest BCUT2D eigenvalue weighted by atomic mass is 16.3. The molecule has 0 saturated carbocycles. The fourth-order valence-corrected chi connectivity index (χ4v) is 4.80. The van der Waals surface area contributed by atoms with E-state index in [2.05, 4.69) is 29.6 Å². The van der Waals surface area contributed by atoms with Crippen molar-refractivity contribution in [1.29, 1.82) is 0 Å². The van der Waals surface area contributed by atoms with Gasteiger partial charge in [-0.3, -0.25) is 0 Å². The Morgan fingerprint density at radius 3 is 2.18 bits per heavy atom. The van der Waals surface area contributed by atoms with E-state index in [1.165, 1.54) is 0 Å². The summed E-state index contributed by atoms with van der Waals surface area (Å²) in [7, 11) is 0. The zero-order valence-corrected chi connectivity index (χ0v) is 18.8. The van der Waals surface area contributed by atoms with Crippen LogP contribution in [0.25, 0.3) is 43.9 Å². The molecule has 0 unspecified atom stereocenters. The lowest BCUT2D eigenvalue weighted by Gasteiger charge is -2.29. The van der Waals surface area contributed by atoms with Gasteiger partial charge >= 0.3 is 0 Å². The minimum absolute atomic E-state index is 0.534. The third-order valence-corrected chi connectivity index (χ3v) is 6.32. The van der Waals surface area contributed by atoms with Gasteiger partial charge in [0, 0.05) is 27.1 Å². The molecular formula is C29H21N3O2. The van der Waals surface area contributed by atoms with E-state index in [1.807, 2.05) is 74.5 Å². The van der Waals surface area contributed by atoms with Gasteiger partial charge in [-0.15, -0.1) is 0 Å². The van der Waals surface area contributed by atoms with Gasteiger partial charge in [0.2, 0.25) is 0 Å². The van der Waals surface area contributed by atoms with Gasteiger partial charge in [0.05, 0.1) is 5.56 Å². The molecular weight excluding hydrogens is 422 g/mol. The second-order valence-corrected chi connectivity index (χ2v) is 9.17. The summed E-state index contributed by atoms with van der Waals surface area (Å²) in [5, 5.41) is 7.81. The number of rotatable bonds is 2. The summed E-state index contributed by atoms with van der Waals surface area (Å²) >= 11 is 0. The number of nitrogens with one attached hydrogen (secondary N) is 1. The molecule has 0 fully saturated rings. The smallest absolute Gasteiger partial charge is 0.163 e. The molecule has 0 atom stereocenters. The van der Waals surface area contributed by atoms with E-state index in [0.717, 1.165) is 60.8 Å². The molecule has 0 spiro atoms. The standard InChI is InChI=1S/C29H21N3O2/c1-29(2)31-27(17-14-15-25-22(16-17)19-9-4-5-12-23(19)33-25)30-28(32-29)21-11-7-10-20-18-8-3-6-13-24(18)34-26(20)21/h3-16H,1-2H3,(H,30,31,32). The topological polar surface area (TPSA) is 63.0 Å². The Kier molecular flexibility index (Phi) is 3.83. The molecule has 1 N–H and O–H groups in total. The monoisotopic (exact) mass is 443 g/mol. The highest BCUT2D eigenvalue weighted by Crippen LogP contribution is 2.33. The van der Waals surface area contributed by atoms with E-state index in [-0.39, 0.29) is 0 Å². The van der Waals surface area contributed by atoms with E-state index >= 15 is 0 Å². The fraction of sp³-hybridized carbons (Fsp3) is 0.103. The minimum atomic E-state index is -0.534. The molecule has 34 heavy (non-hydrogen) atoms. The van der Waals surface area contributed by atoms with Crippen LogP contribution in [0.5, 0.6) is 0 Å². The number of benzene rings is 4. The number of furan rings is 2. The van der Waals surface area contributed by atoms with Gasteiger partial charge in [0.1, 0.15) is 33.8 Å². The number of fused-ring (bicyclic) bond motifs is 6. The number of para-hydroxylation sites is 3. The Morgan fingerprint density at radius 1 is 0.676 bits per heavy atom. The lowest BCUT2D eigenvalue weighted by Crippen LogP contribution is -2.46. The molecule has 0 radical (unpaired) electrons. The van der Waals surface area contributed by atoms with Crippen LogP contribution in [0.15, 0.2) is 104 Å². The first-order valence-electron chi connectivity index (χ1n) is 11.3. The van der Waals surface area contributed by atoms with Crippen LogP contribution in [-0.4, -0.2) is 17.3 Å². The lowest BCUT2D eigenvalue weighted by atomic mass is 10.1. The molecule has 164 valence electrons. The van der Waals surface area contributed by atoms with Gasteiger partial charge < -0.3 is 14.2 Å². The molecule has 0 saturated heterocycles. The van der Waals surface area contributed by atoms with E-state index in [1.54, 1.807) is 0 Å². The highest BCUT2D eigenvalue weighted by molar-refractivity contribution is 6.20. The van der Waals surface area contributed by atoms with Crippen molar-refractivity contribution in [2.45, 2.75) is 19.5 Å². The van der Waals surface area contributed by atoms with Crippen molar-refractivity contribution in [3.05, 3.63) is 96.1 Å². The maximum atomic E-state index is 6.26. The van der Waals surface area contributed by atoms with Gasteiger partial charge in [-0.25, -0.2) is 9.98 Å². The molecule has 0 amide bonds. The van der Waals surface area contributed by atoms with E-state index in [9.17, 15) is 0 Å². The molecule has 7 rings (SSSR count). The van der Waals surface area contributed by atoms with Gasteiger partial charge in [-0.2, -0.15) is 0 Å². The maximum Gasteiger partial charge on any atom is 0.163 e. The van der Waals surface area contributed by atoms with Crippen molar-refractivity contribution >= 4 is 55.5 Å². The average molecular weight is 444 g/mol. The Labute approximate surface area is 195 Å². The molecule has 1 aliphatic heterocycles. The zero-order valence-electron chi connectivity index (χ0n) is 18.8. The van der Waals surface area contributed by atoms with Crippen LogP contribution in [0.3, 0.4) is 0 Å². The first-order valence-corrected chi connectivity index (χ1v) is 11.3. The van der Waals surface area contributed by atoms with Crippen molar-refractivity contribution in [3.8, 4) is 0 Å². The van der Waals surface area contributed by atoms with Crippen LogP contribution in [0.4, 0.5) is 0 Å². The fourth-order valence-electron chi connectivity index (χ4n) is 4.80. The SMILES string of the molecule is CC1(C)N=C(c2cccc3c2oc2ccccc23)N=C(c2ccc3oc4ccccc4c3c2)N1. The Balaban J connectivity index is 1.41. The molecule has 5 nitrogen and oxygen atoms in total. The van der Waals surface area contributed by atoms with Crippen LogP contribution in [-0.2, 0) is 0 Å². The number of aliphatic imine (C=N–C) groups is 2. The number of amidine groups is 2. The second kappa shape index (κ2) is 6.81. The summed E-state index contributed by atoms with van der Waals surface area (Å²) in [5.74, 6) is 1.43. The largest absolute Gasteiger partial charge is 0.456 e. The molecule has 0 aliphatic carbocycles. The molecule has 4 aromatic carbocycles. The third-order valence-electron chi connectivity index (χ3n) is 6.32. The summed E-state index contributed by atoms with van der Waals surface area (Å²) in [6.07, 6.45) is 0. The molecule has 1 aliphatic rings. The number of hydrogen-bond acceptors (Lipinski definition) is 5. The van der Waals surface area contributed by atoms with Gasteiger partial charge in [-0.1, -0.05) is 48.5 Å². The van der Waals surface area contributed by atoms with Crippen LogP contribution in [0.2, 0.25) is 0 Å². The van der Waals surface area contributed by atoms with Crippen LogP contribution < -0.4 is 5.32 Å². The second-order valence-electron chi connectivity index (χ2n) is 9.17. The van der Waals surface area contributed by atoms with Gasteiger partial charge in [0.15, 0.2) is 5.84 Å². The first kappa shape index (κ1) is 19.1. The predicted molar refractivity (Wildman–Crippen MR) is 138 cm³/mol. The molecule has 3 heterocycles. The maximum absolute atomic E-state index is 6.26. The summed E-state index contributed by atoms with van der Waals surface area (Å²) < 4.78 is 12.3. The van der Waals surface area contributed by atoms with Crippen molar-refractivity contribution in [1.82, 2.24) is 5.32 Å². The highest BCUT2D eigenvalue weighted by Gasteiger charge is 2.27. The predicted octanol–water partition coefficient (Wildman–Crippen LogP) is 7.02. The minimum Gasteiger partial charge on any atom is -0.456 e. The quantitative estimate of drug-likeness (QED) is 0.313. The Bertz CT molecular complexity index is 1820. The summed E-state index contributed by atoms with van der Waals surface area (Å²) in [6.45, 7) is 4.10. The summed E-state index contributed by atoms with van der Waals surface area (Å²) in [5.41, 5.74) is 4.74. The first-order chi connectivity index (χ1) is 16.6. The Hall–Kier alpha value is -4.38. The molecule has 5 heteroatoms. The average Bonchev–Trinajstić information content (AvgIpc) is 3.41. The van der Waals surface area contributed by atoms with E-state index < -0.39 is 5.66 Å². The van der Waals surface area contributed by atoms with Crippen molar-refractivity contribution in [2.24, 2.45) is 9.98 Å². The molecule has 6 aromatic rings. The van der Waals surface area contributed by atoms with Crippen LogP contribution in [0.1, 0.15) is 25.0 Å². The van der Waals surface area contributed by atoms with E-state index in [0.29, 0.717) is 5.84 Å². The third kappa shape index (κ3) is 2.87. The van der Waals surface area contributed by atoms with Crippen LogP contribution >= 0.6 is 0 Å². The normalized spacial score (nSPS) is 15.6. The van der Waals surface area contributed by atoms with Gasteiger partial charge in [0.25, 0.3) is 0 Å². The zero-order chi connectivity index (χ0) is 22.9. The van der Waals surface area contributed by atoms with E-state index in [4.69, 9.17) is 18.8 Å². The molecule has 0 bridgehead atoms. The number of nitrogens with zero attached hydrogens (tertiary/aromatic N) is 2. The van der Waals surface area contributed by atoms with Crippen molar-refractivity contribution in [2.75, 3.05) is 0 Å². The summed E-state index contributed by atoms with van der Waals surface area (Å²) in [6, 6.07) is 28.5. The van der Waals surface area contributed by atoms with Gasteiger partial charge in [-0.05, 0) is 50.2 Å².